The summed E-state index contributed by atoms with van der Waals surface area (Å²) < 4.78 is 23.7. The third-order valence-corrected chi connectivity index (χ3v) is 10.5. The maximum atomic E-state index is 13.0. The van der Waals surface area contributed by atoms with Crippen LogP contribution in [0.1, 0.15) is 51.7 Å². The second-order valence-corrected chi connectivity index (χ2v) is 15.3. The topological polar surface area (TPSA) is 140 Å². The van der Waals surface area contributed by atoms with Crippen LogP contribution in [-0.2, 0) is 16.0 Å². The van der Waals surface area contributed by atoms with Gasteiger partial charge in [-0.05, 0) is 50.0 Å². The van der Waals surface area contributed by atoms with Gasteiger partial charge in [-0.1, -0.05) is 44.2 Å². The Balaban J connectivity index is 0.970. The number of aromatic hydroxyl groups is 1. The molecule has 1 fully saturated rings. The summed E-state index contributed by atoms with van der Waals surface area (Å²) in [6.07, 6.45) is 5.84. The molecular formula is C36H40N4O7S2. The van der Waals surface area contributed by atoms with Gasteiger partial charge in [0.25, 0.3) is 0 Å². The van der Waals surface area contributed by atoms with Gasteiger partial charge in [-0.2, -0.15) is 0 Å². The number of rotatable bonds is 12. The molecule has 0 atom stereocenters. The number of methoxy groups -OCH3 is 1. The van der Waals surface area contributed by atoms with E-state index in [1.54, 1.807) is 37.3 Å². The van der Waals surface area contributed by atoms with E-state index in [4.69, 9.17) is 18.3 Å². The first-order chi connectivity index (χ1) is 23.6. The number of aromatic nitrogens is 2. The number of carbonyl (C=O) groups is 1. The van der Waals surface area contributed by atoms with E-state index < -0.39 is 5.63 Å². The van der Waals surface area contributed by atoms with Gasteiger partial charge >= 0.3 is 5.63 Å². The number of phenols is 1. The van der Waals surface area contributed by atoms with Gasteiger partial charge in [-0.3, -0.25) is 4.79 Å². The molecule has 0 bridgehead atoms. The van der Waals surface area contributed by atoms with Crippen molar-refractivity contribution in [3.63, 3.8) is 0 Å². The van der Waals surface area contributed by atoms with Crippen LogP contribution in [0.5, 0.6) is 17.2 Å². The highest BCUT2D eigenvalue weighted by Crippen LogP contribution is 2.38. The Bertz CT molecular complexity index is 1950. The zero-order valence-corrected chi connectivity index (χ0v) is 29.6. The summed E-state index contributed by atoms with van der Waals surface area (Å²) in [6.45, 7) is 9.10. The smallest absolute Gasteiger partial charge is 0.336 e. The van der Waals surface area contributed by atoms with Gasteiger partial charge in [0.1, 0.15) is 28.6 Å². The number of oxazole rings is 1. The highest BCUT2D eigenvalue weighted by atomic mass is 32.2. The van der Waals surface area contributed by atoms with Gasteiger partial charge in [0, 0.05) is 41.6 Å². The third-order valence-electron chi connectivity index (χ3n) is 8.37. The van der Waals surface area contributed by atoms with Crippen LogP contribution in [0, 0.1) is 5.92 Å². The third kappa shape index (κ3) is 8.64. The molecule has 0 aliphatic carbocycles. The number of thiazole rings is 1. The molecule has 1 aliphatic rings. The number of likely N-dealkylation sites (tertiary alicyclic amines) is 1. The average Bonchev–Trinajstić information content (AvgIpc) is 3.75. The predicted octanol–water partition coefficient (Wildman–Crippen LogP) is 7.33. The fraction of sp³-hybridized carbons (Fsp3) is 0.389. The molecule has 5 aromatic rings. The van der Waals surface area contributed by atoms with Gasteiger partial charge in [-0.15, -0.1) is 11.8 Å². The number of fused-ring (bicyclic) bond motifs is 1. The zero-order chi connectivity index (χ0) is 34.5. The van der Waals surface area contributed by atoms with E-state index in [0.717, 1.165) is 54.4 Å². The number of amides is 1. The molecule has 2 aromatic carbocycles. The van der Waals surface area contributed by atoms with Gasteiger partial charge in [0.2, 0.25) is 11.8 Å². The highest BCUT2D eigenvalue weighted by molar-refractivity contribution is 8.00. The summed E-state index contributed by atoms with van der Waals surface area (Å²) >= 11 is 3.05. The molecule has 2 N–H and O–H groups in total. The molecule has 1 amide bonds. The molecule has 0 unspecified atom stereocenters. The van der Waals surface area contributed by atoms with E-state index in [-0.39, 0.29) is 28.6 Å². The SMILES string of the molecule is COc1ccc(-c2cc(=O)oc3cc(O)cc(OCCCN4CCC(C(=O)Nc5ncc(SCc6ncc(C(C)(C)C)o6)s5)CC4)c23)cc1. The second-order valence-electron chi connectivity index (χ2n) is 13.0. The summed E-state index contributed by atoms with van der Waals surface area (Å²) in [5.74, 6) is 3.16. The Morgan fingerprint density at radius 3 is 2.59 bits per heavy atom. The van der Waals surface area contributed by atoms with Crippen LogP contribution in [-0.4, -0.2) is 59.2 Å². The minimum absolute atomic E-state index is 0.00600. The number of anilines is 1. The number of nitrogens with one attached hydrogen (secondary N) is 1. The van der Waals surface area contributed by atoms with Crippen LogP contribution in [0.2, 0.25) is 0 Å². The molecule has 3 aromatic heterocycles. The van der Waals surface area contributed by atoms with Crippen molar-refractivity contribution in [2.24, 2.45) is 5.92 Å². The van der Waals surface area contributed by atoms with Crippen molar-refractivity contribution in [2.75, 3.05) is 38.7 Å². The lowest BCUT2D eigenvalue weighted by Crippen LogP contribution is -2.38. The maximum Gasteiger partial charge on any atom is 0.336 e. The first kappa shape index (κ1) is 34.5. The number of hydrogen-bond donors (Lipinski definition) is 2. The molecule has 13 heteroatoms. The first-order valence-electron chi connectivity index (χ1n) is 16.2. The molecule has 1 saturated heterocycles. The lowest BCUT2D eigenvalue weighted by Gasteiger charge is -2.31. The number of nitrogens with zero attached hydrogens (tertiary/aromatic N) is 3. The molecule has 0 spiro atoms. The van der Waals surface area contributed by atoms with Crippen molar-refractivity contribution in [1.29, 1.82) is 0 Å². The fourth-order valence-corrected chi connectivity index (χ4v) is 7.43. The second kappa shape index (κ2) is 15.1. The van der Waals surface area contributed by atoms with Crippen LogP contribution in [0.4, 0.5) is 5.13 Å². The Hall–Kier alpha value is -4.33. The Morgan fingerprint density at radius 1 is 1.10 bits per heavy atom. The lowest BCUT2D eigenvalue weighted by atomic mass is 9.94. The van der Waals surface area contributed by atoms with Crippen LogP contribution in [0.15, 0.2) is 72.7 Å². The minimum atomic E-state index is -0.518. The summed E-state index contributed by atoms with van der Waals surface area (Å²) in [4.78, 5) is 36.5. The number of carbonyl (C=O) groups excluding carboxylic acids is 1. The average molecular weight is 705 g/mol. The number of piperidine rings is 1. The molecule has 1 aliphatic heterocycles. The van der Waals surface area contributed by atoms with Gasteiger partial charge in [0.15, 0.2) is 5.13 Å². The quantitative estimate of drug-likeness (QED) is 0.0767. The number of ether oxygens (including phenoxy) is 2. The van der Waals surface area contributed by atoms with Crippen molar-refractivity contribution >= 4 is 45.1 Å². The van der Waals surface area contributed by atoms with Gasteiger partial charge in [-0.25, -0.2) is 14.8 Å². The molecule has 49 heavy (non-hydrogen) atoms. The lowest BCUT2D eigenvalue weighted by molar-refractivity contribution is -0.121. The van der Waals surface area contributed by atoms with Crippen LogP contribution < -0.4 is 20.4 Å². The monoisotopic (exact) mass is 704 g/mol. The molecule has 6 rings (SSSR count). The van der Waals surface area contributed by atoms with Crippen LogP contribution >= 0.6 is 23.1 Å². The minimum Gasteiger partial charge on any atom is -0.508 e. The standard InChI is InChI=1S/C36H40N4O7S2/c1-36(2,3)29-19-37-30(47-29)21-48-32-20-38-35(49-32)39-34(43)23-10-13-40(14-11-23)12-5-15-45-27-16-24(41)17-28-33(27)26(18-31(42)46-28)22-6-8-25(44-4)9-7-22/h6-9,16-20,23,41H,5,10-15,21H2,1-4H3,(H,38,39,43). The summed E-state index contributed by atoms with van der Waals surface area (Å²) in [7, 11) is 1.60. The predicted molar refractivity (Wildman–Crippen MR) is 191 cm³/mol. The summed E-state index contributed by atoms with van der Waals surface area (Å²) in [6, 6.07) is 11.8. The van der Waals surface area contributed by atoms with E-state index in [1.807, 2.05) is 24.3 Å². The number of phenolic OH excluding ortho intramolecular Hbond substituents is 1. The molecule has 4 heterocycles. The van der Waals surface area contributed by atoms with Gasteiger partial charge in [0.05, 0.1) is 41.5 Å². The number of thioether (sulfide) groups is 1. The molecule has 0 radical (unpaired) electrons. The fourth-order valence-electron chi connectivity index (χ4n) is 5.70. The Kier molecular flexibility index (Phi) is 10.6. The Morgan fingerprint density at radius 2 is 1.88 bits per heavy atom. The Labute approximate surface area is 292 Å². The largest absolute Gasteiger partial charge is 0.508 e. The van der Waals surface area contributed by atoms with E-state index in [9.17, 15) is 14.7 Å². The van der Waals surface area contributed by atoms with Crippen molar-refractivity contribution in [2.45, 2.75) is 55.4 Å². The number of benzene rings is 2. The van der Waals surface area contributed by atoms with Crippen molar-refractivity contribution in [3.05, 3.63) is 76.9 Å². The maximum absolute atomic E-state index is 13.0. The summed E-state index contributed by atoms with van der Waals surface area (Å²) in [5, 5.41) is 14.6. The highest BCUT2D eigenvalue weighted by Gasteiger charge is 2.26. The van der Waals surface area contributed by atoms with Crippen LogP contribution in [0.3, 0.4) is 0 Å². The van der Waals surface area contributed by atoms with E-state index in [0.29, 0.717) is 45.8 Å². The van der Waals surface area contributed by atoms with E-state index >= 15 is 0 Å². The molecule has 11 nitrogen and oxygen atoms in total. The molecule has 0 saturated carbocycles. The van der Waals surface area contributed by atoms with Crippen molar-refractivity contribution < 1.29 is 28.2 Å². The van der Waals surface area contributed by atoms with Crippen molar-refractivity contribution in [3.8, 4) is 28.4 Å². The molecule has 258 valence electrons. The molecular weight excluding hydrogens is 665 g/mol. The number of hydrogen-bond acceptors (Lipinski definition) is 12. The van der Waals surface area contributed by atoms with Crippen molar-refractivity contribution in [1.82, 2.24) is 14.9 Å². The van der Waals surface area contributed by atoms with Crippen LogP contribution in [0.25, 0.3) is 22.1 Å². The first-order valence-corrected chi connectivity index (χ1v) is 18.0. The van der Waals surface area contributed by atoms with E-state index in [1.165, 1.54) is 23.5 Å². The van der Waals surface area contributed by atoms with E-state index in [2.05, 4.69) is 41.0 Å². The summed E-state index contributed by atoms with van der Waals surface area (Å²) in [5.41, 5.74) is 1.10. The zero-order valence-electron chi connectivity index (χ0n) is 28.0. The van der Waals surface area contributed by atoms with Gasteiger partial charge < -0.3 is 33.6 Å². The normalized spacial score (nSPS) is 14.3.